The van der Waals surface area contributed by atoms with E-state index in [1.165, 1.54) is 6.07 Å². The van der Waals surface area contributed by atoms with E-state index in [-0.39, 0.29) is 12.4 Å². The predicted molar refractivity (Wildman–Crippen MR) is 122 cm³/mol. The second-order valence-electron chi connectivity index (χ2n) is 7.10. The minimum atomic E-state index is -0.387. The summed E-state index contributed by atoms with van der Waals surface area (Å²) in [6, 6.07) is 8.56. The van der Waals surface area contributed by atoms with Crippen LogP contribution in [0.1, 0.15) is 18.1 Å². The van der Waals surface area contributed by atoms with Crippen molar-refractivity contribution in [1.29, 1.82) is 0 Å². The van der Waals surface area contributed by atoms with E-state index in [1.807, 2.05) is 19.1 Å². The van der Waals surface area contributed by atoms with Gasteiger partial charge >= 0.3 is 0 Å². The zero-order valence-electron chi connectivity index (χ0n) is 17.1. The maximum absolute atomic E-state index is 14.1. The highest BCUT2D eigenvalue weighted by molar-refractivity contribution is 9.10. The number of benzene rings is 2. The van der Waals surface area contributed by atoms with Crippen molar-refractivity contribution >= 4 is 27.5 Å². The number of nitrogens with one attached hydrogen (secondary N) is 2. The molecule has 0 saturated carbocycles. The Kier molecular flexibility index (Phi) is 9.21. The van der Waals surface area contributed by atoms with Crippen LogP contribution in [-0.2, 0) is 13.2 Å². The van der Waals surface area contributed by atoms with Crippen molar-refractivity contribution in [1.82, 2.24) is 15.5 Å². The summed E-state index contributed by atoms with van der Waals surface area (Å²) in [5.74, 6) is 0.779. The summed E-state index contributed by atoms with van der Waals surface area (Å²) in [5.41, 5.74) is 1.41. The van der Waals surface area contributed by atoms with Gasteiger partial charge in [-0.25, -0.2) is 4.39 Å². The lowest BCUT2D eigenvalue weighted by Crippen LogP contribution is -2.45. The zero-order valence-corrected chi connectivity index (χ0v) is 19.5. The molecule has 8 heteroatoms. The first-order valence-corrected chi connectivity index (χ1v) is 11.4. The molecule has 1 aliphatic rings. The molecule has 0 spiro atoms. The molecule has 0 aliphatic carbocycles. The zero-order chi connectivity index (χ0) is 21.3. The van der Waals surface area contributed by atoms with Gasteiger partial charge in [0, 0.05) is 51.4 Å². The van der Waals surface area contributed by atoms with Gasteiger partial charge in [-0.2, -0.15) is 0 Å². The van der Waals surface area contributed by atoms with E-state index in [4.69, 9.17) is 21.1 Å². The van der Waals surface area contributed by atoms with Gasteiger partial charge in [0.05, 0.1) is 16.1 Å². The summed E-state index contributed by atoms with van der Waals surface area (Å²) in [7, 11) is 0. The van der Waals surface area contributed by atoms with Crippen LogP contribution in [0, 0.1) is 5.82 Å². The summed E-state index contributed by atoms with van der Waals surface area (Å²) in [5, 5.41) is 7.20. The third-order valence-electron chi connectivity index (χ3n) is 4.94. The van der Waals surface area contributed by atoms with Crippen LogP contribution in [0.2, 0.25) is 5.02 Å². The van der Waals surface area contributed by atoms with Crippen LogP contribution in [0.4, 0.5) is 4.39 Å². The molecule has 1 saturated heterocycles. The van der Waals surface area contributed by atoms with Gasteiger partial charge in [0.15, 0.2) is 11.5 Å². The van der Waals surface area contributed by atoms with Gasteiger partial charge in [-0.15, -0.1) is 0 Å². The molecule has 5 nitrogen and oxygen atoms in total. The number of ether oxygens (including phenoxy) is 2. The van der Waals surface area contributed by atoms with Crippen LogP contribution < -0.4 is 20.1 Å². The molecule has 1 heterocycles. The van der Waals surface area contributed by atoms with Gasteiger partial charge in [-0.05, 0) is 52.7 Å². The van der Waals surface area contributed by atoms with Gasteiger partial charge < -0.3 is 20.1 Å². The van der Waals surface area contributed by atoms with Gasteiger partial charge in [0.1, 0.15) is 12.4 Å². The van der Waals surface area contributed by atoms with E-state index < -0.39 is 0 Å². The molecule has 1 fully saturated rings. The number of nitrogens with zero attached hydrogens (tertiary/aromatic N) is 1. The molecule has 30 heavy (non-hydrogen) atoms. The number of piperazine rings is 1. The topological polar surface area (TPSA) is 45.8 Å². The molecule has 2 aromatic carbocycles. The first kappa shape index (κ1) is 23.3. The average molecular weight is 501 g/mol. The molecular weight excluding hydrogens is 473 g/mol. The largest absolute Gasteiger partial charge is 0.490 e. The SMILES string of the molecule is CCOc1cc(CNCCN2CCNCC2)cc(Br)c1OCc1c(F)cccc1Cl. The van der Waals surface area contributed by atoms with E-state index in [0.29, 0.717) is 28.7 Å². The van der Waals surface area contributed by atoms with Crippen molar-refractivity contribution in [2.24, 2.45) is 0 Å². The van der Waals surface area contributed by atoms with Gasteiger partial charge in [0.2, 0.25) is 0 Å². The average Bonchev–Trinajstić information content (AvgIpc) is 2.73. The Morgan fingerprint density at radius 3 is 2.77 bits per heavy atom. The van der Waals surface area contributed by atoms with Crippen molar-refractivity contribution in [2.45, 2.75) is 20.1 Å². The summed E-state index contributed by atoms with van der Waals surface area (Å²) in [4.78, 5) is 2.45. The third kappa shape index (κ3) is 6.56. The Morgan fingerprint density at radius 1 is 1.23 bits per heavy atom. The van der Waals surface area contributed by atoms with Crippen LogP contribution >= 0.6 is 27.5 Å². The fraction of sp³-hybridized carbons (Fsp3) is 0.455. The maximum atomic E-state index is 14.1. The molecule has 1 aliphatic heterocycles. The van der Waals surface area contributed by atoms with Crippen molar-refractivity contribution in [3.8, 4) is 11.5 Å². The normalized spacial score (nSPS) is 14.7. The maximum Gasteiger partial charge on any atom is 0.175 e. The van der Waals surface area contributed by atoms with E-state index in [0.717, 1.165) is 55.8 Å². The van der Waals surface area contributed by atoms with Crippen LogP contribution in [0.5, 0.6) is 11.5 Å². The standard InChI is InChI=1S/C22H28BrClFN3O2/c1-2-29-21-13-16(14-27-8-11-28-9-6-26-7-10-28)12-18(23)22(21)30-15-17-19(24)4-3-5-20(17)25/h3-5,12-13,26-27H,2,6-11,14-15H2,1H3. The van der Waals surface area contributed by atoms with Crippen LogP contribution in [0.15, 0.2) is 34.8 Å². The number of hydrogen-bond acceptors (Lipinski definition) is 5. The highest BCUT2D eigenvalue weighted by Crippen LogP contribution is 2.38. The van der Waals surface area contributed by atoms with Crippen molar-refractivity contribution in [3.63, 3.8) is 0 Å². The van der Waals surface area contributed by atoms with Crippen molar-refractivity contribution in [2.75, 3.05) is 45.9 Å². The lowest BCUT2D eigenvalue weighted by Gasteiger charge is -2.27. The van der Waals surface area contributed by atoms with Crippen molar-refractivity contribution < 1.29 is 13.9 Å². The molecule has 0 amide bonds. The van der Waals surface area contributed by atoms with Crippen LogP contribution in [0.3, 0.4) is 0 Å². The van der Waals surface area contributed by atoms with Gasteiger partial charge in [-0.1, -0.05) is 17.7 Å². The predicted octanol–water partition coefficient (Wildman–Crippen LogP) is 4.21. The molecule has 0 aromatic heterocycles. The first-order chi connectivity index (χ1) is 14.6. The molecule has 2 aromatic rings. The Balaban J connectivity index is 1.61. The van der Waals surface area contributed by atoms with Gasteiger partial charge in [0.25, 0.3) is 0 Å². The lowest BCUT2D eigenvalue weighted by atomic mass is 10.2. The smallest absolute Gasteiger partial charge is 0.175 e. The summed E-state index contributed by atoms with van der Waals surface area (Å²) >= 11 is 9.69. The molecule has 0 bridgehead atoms. The fourth-order valence-corrected chi connectivity index (χ4v) is 4.17. The summed E-state index contributed by atoms with van der Waals surface area (Å²) < 4.78 is 26.5. The van der Waals surface area contributed by atoms with E-state index in [9.17, 15) is 4.39 Å². The second kappa shape index (κ2) is 11.9. The van der Waals surface area contributed by atoms with E-state index in [1.54, 1.807) is 12.1 Å². The van der Waals surface area contributed by atoms with Crippen LogP contribution in [-0.4, -0.2) is 50.8 Å². The van der Waals surface area contributed by atoms with E-state index in [2.05, 4.69) is 31.5 Å². The second-order valence-corrected chi connectivity index (χ2v) is 8.36. The highest BCUT2D eigenvalue weighted by Gasteiger charge is 2.15. The Hall–Kier alpha value is -1.38. The first-order valence-electron chi connectivity index (χ1n) is 10.2. The monoisotopic (exact) mass is 499 g/mol. The van der Waals surface area contributed by atoms with Crippen LogP contribution in [0.25, 0.3) is 0 Å². The number of hydrogen-bond donors (Lipinski definition) is 2. The minimum Gasteiger partial charge on any atom is -0.490 e. The highest BCUT2D eigenvalue weighted by atomic mass is 79.9. The number of halogens is 3. The molecule has 0 atom stereocenters. The fourth-order valence-electron chi connectivity index (χ4n) is 3.35. The Morgan fingerprint density at radius 2 is 2.03 bits per heavy atom. The molecule has 0 unspecified atom stereocenters. The Bertz CT molecular complexity index is 814. The lowest BCUT2D eigenvalue weighted by molar-refractivity contribution is 0.241. The van der Waals surface area contributed by atoms with Crippen molar-refractivity contribution in [3.05, 3.63) is 56.8 Å². The molecule has 3 rings (SSSR count). The molecule has 2 N–H and O–H groups in total. The number of rotatable bonds is 10. The third-order valence-corrected chi connectivity index (χ3v) is 5.88. The quantitative estimate of drug-likeness (QED) is 0.479. The van der Waals surface area contributed by atoms with E-state index >= 15 is 0 Å². The minimum absolute atomic E-state index is 0.0203. The molecular formula is C22H28BrClFN3O2. The van der Waals surface area contributed by atoms with Gasteiger partial charge in [-0.3, -0.25) is 4.90 Å². The molecule has 0 radical (unpaired) electrons. The summed E-state index contributed by atoms with van der Waals surface area (Å²) in [6.45, 7) is 9.44. The molecule has 164 valence electrons. The summed E-state index contributed by atoms with van der Waals surface area (Å²) in [6.07, 6.45) is 0. The Labute approximate surface area is 191 Å².